The van der Waals surface area contributed by atoms with Crippen LogP contribution in [0.1, 0.15) is 39.7 Å². The molecule has 1 aromatic carbocycles. The molecule has 3 heteroatoms. The fourth-order valence-electron chi connectivity index (χ4n) is 1.76. The molecule has 112 valence electrons. The summed E-state index contributed by atoms with van der Waals surface area (Å²) < 4.78 is 6.26. The summed E-state index contributed by atoms with van der Waals surface area (Å²) in [5, 5.41) is 9.27. The van der Waals surface area contributed by atoms with E-state index in [1.807, 2.05) is 19.1 Å². The largest absolute Gasteiger partial charge is 0.544 e. The second-order valence-electron chi connectivity index (χ2n) is 6.67. The van der Waals surface area contributed by atoms with Crippen molar-refractivity contribution in [2.75, 3.05) is 6.61 Å². The Morgan fingerprint density at radius 3 is 2.15 bits per heavy atom. The summed E-state index contributed by atoms with van der Waals surface area (Å²) in [4.78, 5) is 0. The Kier molecular flexibility index (Phi) is 5.60. The number of rotatable bonds is 5. The van der Waals surface area contributed by atoms with Crippen LogP contribution in [0.3, 0.4) is 0 Å². The smallest absolute Gasteiger partial charge is 0.250 e. The Hall–Kier alpha value is -1.06. The van der Waals surface area contributed by atoms with E-state index < -0.39 is 8.32 Å². The molecule has 0 fully saturated rings. The van der Waals surface area contributed by atoms with Crippen LogP contribution in [0.25, 0.3) is 5.57 Å². The van der Waals surface area contributed by atoms with Crippen LogP contribution in [0, 0.1) is 0 Å². The Morgan fingerprint density at radius 1 is 1.20 bits per heavy atom. The second-order valence-corrected chi connectivity index (χ2v) is 11.4. The lowest BCUT2D eigenvalue weighted by Gasteiger charge is -2.36. The fraction of sp³-hybridized carbons (Fsp3) is 0.529. The highest BCUT2D eigenvalue weighted by molar-refractivity contribution is 6.74. The van der Waals surface area contributed by atoms with Crippen molar-refractivity contribution < 1.29 is 9.53 Å². The second kappa shape index (κ2) is 6.59. The van der Waals surface area contributed by atoms with Gasteiger partial charge in [0, 0.05) is 6.61 Å². The van der Waals surface area contributed by atoms with Gasteiger partial charge in [-0.2, -0.15) is 0 Å². The molecule has 0 bridgehead atoms. The molecule has 1 aromatic rings. The molecular formula is C17H28O2Si. The molecule has 1 N–H and O–H groups in total. The van der Waals surface area contributed by atoms with E-state index in [1.54, 1.807) is 0 Å². The molecule has 0 heterocycles. The topological polar surface area (TPSA) is 29.5 Å². The lowest BCUT2D eigenvalue weighted by Crippen LogP contribution is -2.43. The van der Waals surface area contributed by atoms with E-state index in [9.17, 15) is 0 Å². The molecule has 0 atom stereocenters. The Morgan fingerprint density at radius 2 is 1.75 bits per heavy atom. The fourth-order valence-corrected chi connectivity index (χ4v) is 2.79. The monoisotopic (exact) mass is 292 g/mol. The van der Waals surface area contributed by atoms with Crippen LogP contribution >= 0.6 is 0 Å². The third-order valence-electron chi connectivity index (χ3n) is 4.13. The van der Waals surface area contributed by atoms with Crippen molar-refractivity contribution in [3.8, 4) is 5.75 Å². The van der Waals surface area contributed by atoms with Gasteiger partial charge in [0.15, 0.2) is 0 Å². The summed E-state index contributed by atoms with van der Waals surface area (Å²) in [5.74, 6) is 0.944. The first-order valence-corrected chi connectivity index (χ1v) is 10.2. The number of hydrogen-bond acceptors (Lipinski definition) is 2. The highest BCUT2D eigenvalue weighted by Gasteiger charge is 2.38. The van der Waals surface area contributed by atoms with Gasteiger partial charge in [-0.15, -0.1) is 0 Å². The van der Waals surface area contributed by atoms with Crippen molar-refractivity contribution in [2.45, 2.75) is 52.2 Å². The van der Waals surface area contributed by atoms with Gasteiger partial charge in [0.05, 0.1) is 0 Å². The average molecular weight is 292 g/mol. The van der Waals surface area contributed by atoms with Gasteiger partial charge in [-0.1, -0.05) is 39.0 Å². The first kappa shape index (κ1) is 17.0. The lowest BCUT2D eigenvalue weighted by molar-refractivity contribution is 0.305. The molecular weight excluding hydrogens is 264 g/mol. The summed E-state index contributed by atoms with van der Waals surface area (Å²) in [5.41, 5.74) is 2.33. The van der Waals surface area contributed by atoms with Gasteiger partial charge in [0.25, 0.3) is 0 Å². The zero-order chi connectivity index (χ0) is 15.4. The van der Waals surface area contributed by atoms with Crippen molar-refractivity contribution >= 4 is 13.9 Å². The van der Waals surface area contributed by atoms with Crippen molar-refractivity contribution in [3.05, 3.63) is 35.9 Å². The van der Waals surface area contributed by atoms with Crippen LogP contribution in [-0.2, 0) is 0 Å². The van der Waals surface area contributed by atoms with Gasteiger partial charge < -0.3 is 9.53 Å². The van der Waals surface area contributed by atoms with Crippen LogP contribution in [0.15, 0.2) is 30.3 Å². The van der Waals surface area contributed by atoms with Crippen LogP contribution in [0.2, 0.25) is 18.1 Å². The number of aliphatic hydroxyl groups excluding tert-OH is 1. The van der Waals surface area contributed by atoms with E-state index >= 15 is 0 Å². The molecule has 0 unspecified atom stereocenters. The Bertz CT molecular complexity index is 453. The van der Waals surface area contributed by atoms with Gasteiger partial charge in [0.1, 0.15) is 5.75 Å². The average Bonchev–Trinajstić information content (AvgIpc) is 2.35. The molecule has 0 aliphatic rings. The number of hydrogen-bond donors (Lipinski definition) is 1. The summed E-state index contributed by atoms with van der Waals surface area (Å²) in [7, 11) is -1.77. The maximum Gasteiger partial charge on any atom is 0.250 e. The van der Waals surface area contributed by atoms with E-state index in [4.69, 9.17) is 9.53 Å². The van der Waals surface area contributed by atoms with Crippen LogP contribution in [0.5, 0.6) is 5.75 Å². The van der Waals surface area contributed by atoms with Crippen molar-refractivity contribution in [1.29, 1.82) is 0 Å². The van der Waals surface area contributed by atoms with Crippen molar-refractivity contribution in [3.63, 3.8) is 0 Å². The normalized spacial score (nSPS) is 13.4. The van der Waals surface area contributed by atoms with Crippen molar-refractivity contribution in [1.82, 2.24) is 0 Å². The van der Waals surface area contributed by atoms with E-state index in [0.717, 1.165) is 11.3 Å². The molecule has 0 radical (unpaired) electrons. The van der Waals surface area contributed by atoms with E-state index in [-0.39, 0.29) is 11.6 Å². The highest BCUT2D eigenvalue weighted by atomic mass is 28.4. The van der Waals surface area contributed by atoms with Crippen LogP contribution < -0.4 is 4.43 Å². The third-order valence-corrected chi connectivity index (χ3v) is 8.49. The van der Waals surface area contributed by atoms with E-state index in [1.165, 1.54) is 5.57 Å². The molecule has 0 aliphatic heterocycles. The quantitative estimate of drug-likeness (QED) is 0.786. The first-order chi connectivity index (χ1) is 9.21. The lowest BCUT2D eigenvalue weighted by atomic mass is 10.0. The zero-order valence-corrected chi connectivity index (χ0v) is 14.7. The van der Waals surface area contributed by atoms with Crippen LogP contribution in [0.4, 0.5) is 0 Å². The van der Waals surface area contributed by atoms with E-state index in [2.05, 4.69) is 52.1 Å². The molecule has 0 saturated carbocycles. The molecule has 20 heavy (non-hydrogen) atoms. The summed E-state index contributed by atoms with van der Waals surface area (Å²) in [6.07, 6.45) is 2.75. The van der Waals surface area contributed by atoms with Crippen LogP contribution in [-0.4, -0.2) is 20.0 Å². The molecule has 0 aliphatic carbocycles. The van der Waals surface area contributed by atoms with Gasteiger partial charge in [-0.05, 0) is 54.7 Å². The van der Waals surface area contributed by atoms with Gasteiger partial charge in [-0.3, -0.25) is 0 Å². The predicted molar refractivity (Wildman–Crippen MR) is 89.6 cm³/mol. The first-order valence-electron chi connectivity index (χ1n) is 7.27. The molecule has 0 saturated heterocycles. The summed E-state index contributed by atoms with van der Waals surface area (Å²) in [6, 6.07) is 8.23. The molecule has 0 amide bonds. The summed E-state index contributed by atoms with van der Waals surface area (Å²) in [6.45, 7) is 13.4. The summed E-state index contributed by atoms with van der Waals surface area (Å²) >= 11 is 0. The van der Waals surface area contributed by atoms with Crippen molar-refractivity contribution in [2.24, 2.45) is 0 Å². The maximum absolute atomic E-state index is 9.07. The highest BCUT2D eigenvalue weighted by Crippen LogP contribution is 2.37. The number of allylic oxidation sites excluding steroid dienone is 1. The zero-order valence-electron chi connectivity index (χ0n) is 13.7. The minimum absolute atomic E-state index is 0.182. The Labute approximate surface area is 124 Å². The minimum atomic E-state index is -1.77. The SMILES string of the molecule is C/C=C(/CCO)c1ccc(O[Si](C)(C)C(C)(C)C)cc1. The molecule has 2 nitrogen and oxygen atoms in total. The van der Waals surface area contributed by atoms with Gasteiger partial charge in [0.2, 0.25) is 8.32 Å². The minimum Gasteiger partial charge on any atom is -0.544 e. The van der Waals surface area contributed by atoms with Gasteiger partial charge >= 0.3 is 0 Å². The van der Waals surface area contributed by atoms with E-state index in [0.29, 0.717) is 6.42 Å². The third kappa shape index (κ3) is 4.22. The maximum atomic E-state index is 9.07. The van der Waals surface area contributed by atoms with Gasteiger partial charge in [-0.25, -0.2) is 0 Å². The molecule has 1 rings (SSSR count). The Balaban J connectivity index is 2.87. The number of benzene rings is 1. The molecule has 0 spiro atoms. The number of aliphatic hydroxyl groups is 1. The standard InChI is InChI=1S/C17H28O2Si/c1-7-14(12-13-18)15-8-10-16(11-9-15)19-20(5,6)17(2,3)4/h7-11,18H,12-13H2,1-6H3/b14-7-. The predicted octanol–water partition coefficient (Wildman–Crippen LogP) is 4.86. The molecule has 0 aromatic heterocycles.